The van der Waals surface area contributed by atoms with Gasteiger partial charge in [0, 0.05) is 6.42 Å². The molecule has 0 rings (SSSR count). The third kappa shape index (κ3) is 33.4. The minimum atomic E-state index is -4.32. The lowest BCUT2D eigenvalue weighted by atomic mass is 10.0. The molecule has 0 aromatic heterocycles. The van der Waals surface area contributed by atoms with Gasteiger partial charge < -0.3 is 24.0 Å². The van der Waals surface area contributed by atoms with E-state index in [9.17, 15) is 19.4 Å². The van der Waals surface area contributed by atoms with Gasteiger partial charge in [0.25, 0.3) is 0 Å². The van der Waals surface area contributed by atoms with Crippen LogP contribution in [0.3, 0.4) is 0 Å². The Balaban J connectivity index is 4.39. The number of hydrogen-bond donors (Lipinski definition) is 2. The van der Waals surface area contributed by atoms with Gasteiger partial charge in [-0.15, -0.1) is 0 Å². The number of quaternary nitrogens is 1. The van der Waals surface area contributed by atoms with Gasteiger partial charge in [0.15, 0.2) is 6.29 Å². The van der Waals surface area contributed by atoms with Gasteiger partial charge in [-0.25, -0.2) is 4.57 Å². The minimum absolute atomic E-state index is 0.0537. The number of ether oxygens (including phenoxy) is 2. The summed E-state index contributed by atoms with van der Waals surface area (Å²) in [4.78, 5) is 22.5. The molecule has 0 saturated heterocycles. The third-order valence-electron chi connectivity index (χ3n) is 8.26. The topological polar surface area (TPSA) is 112 Å². The smallest absolute Gasteiger partial charge is 0.463 e. The number of nitrogens with zero attached hydrogens (tertiary/aromatic N) is 1. The van der Waals surface area contributed by atoms with Crippen LogP contribution in [0.2, 0.25) is 0 Å². The van der Waals surface area contributed by atoms with Crippen LogP contribution < -0.4 is 0 Å². The van der Waals surface area contributed by atoms with Crippen molar-refractivity contribution in [3.05, 3.63) is 0 Å². The summed E-state index contributed by atoms with van der Waals surface area (Å²) in [5.41, 5.74) is 0. The third-order valence-corrected chi connectivity index (χ3v) is 9.24. The van der Waals surface area contributed by atoms with Crippen LogP contribution in [0, 0.1) is 0 Å². The zero-order valence-corrected chi connectivity index (χ0v) is 31.6. The first kappa shape index (κ1) is 45.5. The molecule has 1 unspecified atom stereocenters. The molecule has 10 heteroatoms. The van der Waals surface area contributed by atoms with Gasteiger partial charge in [0.2, 0.25) is 0 Å². The van der Waals surface area contributed by atoms with E-state index >= 15 is 0 Å². The second kappa shape index (κ2) is 30.5. The molecule has 0 spiro atoms. The highest BCUT2D eigenvalue weighted by atomic mass is 31.2. The first-order chi connectivity index (χ1) is 22.0. The number of carbonyl (C=O) groups excluding carboxylic acids is 1. The van der Waals surface area contributed by atoms with Crippen LogP contribution in [0.4, 0.5) is 0 Å². The van der Waals surface area contributed by atoms with Gasteiger partial charge in [-0.05, 0) is 19.3 Å². The molecule has 0 saturated carbocycles. The summed E-state index contributed by atoms with van der Waals surface area (Å²) in [6, 6.07) is 0. The maximum Gasteiger partial charge on any atom is 0.472 e. The van der Waals surface area contributed by atoms with Crippen molar-refractivity contribution < 1.29 is 42.4 Å². The van der Waals surface area contributed by atoms with Crippen molar-refractivity contribution in [2.45, 2.75) is 180 Å². The lowest BCUT2D eigenvalue weighted by molar-refractivity contribution is -0.870. The Hall–Kier alpha value is -0.540. The van der Waals surface area contributed by atoms with E-state index in [4.69, 9.17) is 18.5 Å². The molecule has 0 radical (unpaired) electrons. The van der Waals surface area contributed by atoms with Gasteiger partial charge >= 0.3 is 13.8 Å². The summed E-state index contributed by atoms with van der Waals surface area (Å²) in [6.07, 6.45) is 25.4. The van der Waals surface area contributed by atoms with Crippen molar-refractivity contribution in [1.82, 2.24) is 0 Å². The van der Waals surface area contributed by atoms with Gasteiger partial charge in [0.05, 0.1) is 27.7 Å². The summed E-state index contributed by atoms with van der Waals surface area (Å²) in [5.74, 6) is -0.337. The minimum Gasteiger partial charge on any atom is -0.463 e. The molecule has 0 bridgehead atoms. The number of aliphatic hydroxyl groups excluding tert-OH is 1. The van der Waals surface area contributed by atoms with Crippen molar-refractivity contribution in [3.63, 3.8) is 0 Å². The Morgan fingerprint density at radius 2 is 1.09 bits per heavy atom. The molecule has 3 atom stereocenters. The predicted octanol–water partition coefficient (Wildman–Crippen LogP) is 9.48. The van der Waals surface area contributed by atoms with Crippen LogP contribution in [0.1, 0.15) is 168 Å². The first-order valence-corrected chi connectivity index (χ1v) is 20.4. The molecule has 276 valence electrons. The molecule has 0 aromatic rings. The molecule has 2 N–H and O–H groups in total. The highest BCUT2D eigenvalue weighted by Crippen LogP contribution is 2.43. The number of phosphoric ester groups is 1. The van der Waals surface area contributed by atoms with Crippen LogP contribution in [0.5, 0.6) is 0 Å². The molecule has 46 heavy (non-hydrogen) atoms. The highest BCUT2D eigenvalue weighted by Gasteiger charge is 2.26. The Morgan fingerprint density at radius 1 is 0.652 bits per heavy atom. The molecule has 0 aliphatic carbocycles. The summed E-state index contributed by atoms with van der Waals surface area (Å²) in [7, 11) is 1.54. The number of carbonyl (C=O) groups is 1. The van der Waals surface area contributed by atoms with Gasteiger partial charge in [-0.2, -0.15) is 0 Å². The monoisotopic (exact) mass is 681 g/mol. The maximum absolute atomic E-state index is 12.4. The molecule has 0 aliphatic rings. The average molecular weight is 681 g/mol. The van der Waals surface area contributed by atoms with E-state index in [-0.39, 0.29) is 25.8 Å². The van der Waals surface area contributed by atoms with Gasteiger partial charge in [-0.1, -0.05) is 142 Å². The van der Waals surface area contributed by atoms with E-state index in [0.717, 1.165) is 38.5 Å². The van der Waals surface area contributed by atoms with E-state index < -0.39 is 20.2 Å². The zero-order chi connectivity index (χ0) is 34.4. The lowest BCUT2D eigenvalue weighted by Crippen LogP contribution is -2.37. The van der Waals surface area contributed by atoms with Crippen LogP contribution >= 0.6 is 7.82 Å². The largest absolute Gasteiger partial charge is 0.472 e. The normalized spacial score (nSPS) is 14.7. The Bertz CT molecular complexity index is 733. The van der Waals surface area contributed by atoms with Crippen molar-refractivity contribution in [2.24, 2.45) is 0 Å². The average Bonchev–Trinajstić information content (AvgIpc) is 2.99. The second-order valence-electron chi connectivity index (χ2n) is 14.1. The maximum atomic E-state index is 12.4. The highest BCUT2D eigenvalue weighted by molar-refractivity contribution is 7.47. The van der Waals surface area contributed by atoms with Gasteiger partial charge in [-0.3, -0.25) is 13.8 Å². The number of likely N-dealkylation sites (N-methyl/N-ethyl adjacent to an activating group) is 1. The Kier molecular flexibility index (Phi) is 30.2. The van der Waals surface area contributed by atoms with Crippen LogP contribution in [0.15, 0.2) is 0 Å². The quantitative estimate of drug-likeness (QED) is 0.0224. The number of phosphoric acid groups is 1. The molecule has 0 aliphatic heterocycles. The molecule has 0 fully saturated rings. The van der Waals surface area contributed by atoms with E-state index in [1.165, 1.54) is 103 Å². The fourth-order valence-corrected chi connectivity index (χ4v) is 5.98. The fourth-order valence-electron chi connectivity index (χ4n) is 5.24. The van der Waals surface area contributed by atoms with E-state index in [1.807, 2.05) is 21.1 Å². The van der Waals surface area contributed by atoms with E-state index in [2.05, 4.69) is 13.8 Å². The van der Waals surface area contributed by atoms with Gasteiger partial charge in [0.1, 0.15) is 25.9 Å². The summed E-state index contributed by atoms with van der Waals surface area (Å²) >= 11 is 0. The van der Waals surface area contributed by atoms with Crippen molar-refractivity contribution in [1.29, 1.82) is 0 Å². The summed E-state index contributed by atoms with van der Waals surface area (Å²) < 4.78 is 34.4. The first-order valence-electron chi connectivity index (χ1n) is 18.9. The molecule has 9 nitrogen and oxygen atoms in total. The summed E-state index contributed by atoms with van der Waals surface area (Å²) in [5, 5.41) is 10.5. The standard InChI is InChI=1S/C36H74NO8P/c1-6-8-10-12-14-16-17-18-19-21-22-24-26-28-35(38)42-32-34(33-44-46(40,41)43-31-30-37(3,4)5)45-36(39)29-27-25-23-20-15-13-11-9-7-2/h34,36,39H,6-33H2,1-5H3/p+1/t34-,36+/m1/s1. The lowest BCUT2D eigenvalue weighted by Gasteiger charge is -2.25. The van der Waals surface area contributed by atoms with E-state index in [0.29, 0.717) is 23.9 Å². The van der Waals surface area contributed by atoms with Crippen LogP contribution in [-0.4, -0.2) is 80.4 Å². The number of aliphatic hydroxyl groups is 1. The van der Waals surface area contributed by atoms with E-state index in [1.54, 1.807) is 0 Å². The predicted molar refractivity (Wildman–Crippen MR) is 189 cm³/mol. The number of esters is 1. The molecule has 0 aromatic carbocycles. The van der Waals surface area contributed by atoms with Crippen LogP contribution in [-0.2, 0) is 27.9 Å². The fraction of sp³-hybridized carbons (Fsp3) is 0.972. The number of hydrogen-bond acceptors (Lipinski definition) is 7. The van der Waals surface area contributed by atoms with Crippen LogP contribution in [0.25, 0.3) is 0 Å². The SMILES string of the molecule is CCCCCCCCCCCCCCCC(=O)OC[C@H](COP(=O)(O)OCC[N+](C)(C)C)O[C@H](O)CCCCCCCCCCC. The van der Waals surface area contributed by atoms with Crippen molar-refractivity contribution in [2.75, 3.05) is 47.5 Å². The molecular weight excluding hydrogens is 605 g/mol. The number of unbranched alkanes of at least 4 members (excludes halogenated alkanes) is 20. The number of rotatable bonds is 35. The molecule has 0 amide bonds. The molecular formula is C36H75NO8P+. The Labute approximate surface area is 283 Å². The second-order valence-corrected chi connectivity index (χ2v) is 15.6. The summed E-state index contributed by atoms with van der Waals surface area (Å²) in [6.45, 7) is 4.56. The van der Waals surface area contributed by atoms with Crippen molar-refractivity contribution in [3.8, 4) is 0 Å². The zero-order valence-electron chi connectivity index (χ0n) is 30.7. The van der Waals surface area contributed by atoms with Crippen molar-refractivity contribution >= 4 is 13.8 Å². The molecule has 0 heterocycles. The Morgan fingerprint density at radius 3 is 1.54 bits per heavy atom.